The Morgan fingerprint density at radius 1 is 0.750 bits per heavy atom. The minimum absolute atomic E-state index is 0.00792. The number of unbranched alkanes of at least 4 members (excludes halogenated alkanes) is 1. The summed E-state index contributed by atoms with van der Waals surface area (Å²) in [6.07, 6.45) is 4.42. The molecule has 6 nitrogen and oxygen atoms in total. The average molecular weight is 386 g/mol. The number of hydrogen-bond donors (Lipinski definition) is 5. The van der Waals surface area contributed by atoms with Crippen molar-refractivity contribution in [1.29, 1.82) is 0 Å². The smallest absolute Gasteiger partial charge is 0.238 e. The summed E-state index contributed by atoms with van der Waals surface area (Å²) in [5, 5.41) is 15.2. The standard InChI is InChI=1S/C22H35N5O/c23-12-6-15-24-13-3-4-14-25-16-7-17-26-18-22(28)27-21-11-5-9-19-8-1-2-10-20(19)21/h1-2,5,8-11,24-26H,3-4,6-7,12-18,23H2,(H,27,28). The summed E-state index contributed by atoms with van der Waals surface area (Å²) < 4.78 is 0. The SMILES string of the molecule is NCCCNCCCCNCCCNCC(=O)Nc1cccc2ccccc12. The van der Waals surface area contributed by atoms with Crippen LogP contribution >= 0.6 is 0 Å². The number of carbonyl (C=O) groups is 1. The molecule has 2 aromatic rings. The average Bonchev–Trinajstić information content (AvgIpc) is 2.72. The minimum atomic E-state index is -0.00792. The van der Waals surface area contributed by atoms with E-state index in [1.807, 2.05) is 30.3 Å². The Morgan fingerprint density at radius 2 is 1.39 bits per heavy atom. The summed E-state index contributed by atoms with van der Waals surface area (Å²) in [5.41, 5.74) is 6.32. The summed E-state index contributed by atoms with van der Waals surface area (Å²) >= 11 is 0. The number of nitrogens with one attached hydrogen (secondary N) is 4. The van der Waals surface area contributed by atoms with Crippen LogP contribution in [0.25, 0.3) is 10.8 Å². The first-order valence-electron chi connectivity index (χ1n) is 10.4. The summed E-state index contributed by atoms with van der Waals surface area (Å²) in [6.45, 7) is 6.01. The lowest BCUT2D eigenvalue weighted by Crippen LogP contribution is -2.30. The zero-order chi connectivity index (χ0) is 19.9. The highest BCUT2D eigenvalue weighted by atomic mass is 16.1. The molecule has 0 unspecified atom stereocenters. The summed E-state index contributed by atoms with van der Waals surface area (Å²) in [4.78, 5) is 12.2. The molecule has 2 aromatic carbocycles. The lowest BCUT2D eigenvalue weighted by Gasteiger charge is -2.10. The van der Waals surface area contributed by atoms with Gasteiger partial charge in [0, 0.05) is 11.1 Å². The molecule has 6 N–H and O–H groups in total. The van der Waals surface area contributed by atoms with Crippen molar-refractivity contribution in [3.63, 3.8) is 0 Å². The second-order valence-corrected chi connectivity index (χ2v) is 6.95. The first kappa shape index (κ1) is 22.3. The van der Waals surface area contributed by atoms with Gasteiger partial charge in [0.15, 0.2) is 0 Å². The summed E-state index contributed by atoms with van der Waals surface area (Å²) in [6, 6.07) is 14.0. The molecule has 0 heterocycles. The van der Waals surface area contributed by atoms with Gasteiger partial charge in [0.2, 0.25) is 5.91 Å². The number of amides is 1. The maximum absolute atomic E-state index is 12.2. The van der Waals surface area contributed by atoms with Gasteiger partial charge in [-0.2, -0.15) is 0 Å². The molecule has 154 valence electrons. The highest BCUT2D eigenvalue weighted by Gasteiger charge is 2.05. The van der Waals surface area contributed by atoms with Crippen LogP contribution in [0.15, 0.2) is 42.5 Å². The van der Waals surface area contributed by atoms with Gasteiger partial charge in [-0.05, 0) is 76.4 Å². The first-order valence-corrected chi connectivity index (χ1v) is 10.4. The highest BCUT2D eigenvalue weighted by molar-refractivity contribution is 6.02. The van der Waals surface area contributed by atoms with Gasteiger partial charge >= 0.3 is 0 Å². The van der Waals surface area contributed by atoms with Gasteiger partial charge in [-0.25, -0.2) is 0 Å². The highest BCUT2D eigenvalue weighted by Crippen LogP contribution is 2.22. The predicted octanol–water partition coefficient (Wildman–Crippen LogP) is 2.07. The van der Waals surface area contributed by atoms with Crippen LogP contribution in [0.1, 0.15) is 25.7 Å². The van der Waals surface area contributed by atoms with E-state index < -0.39 is 0 Å². The number of hydrogen-bond acceptors (Lipinski definition) is 5. The molecule has 0 saturated heterocycles. The van der Waals surface area contributed by atoms with E-state index >= 15 is 0 Å². The molecule has 0 radical (unpaired) electrons. The molecule has 0 aliphatic rings. The maximum atomic E-state index is 12.2. The largest absolute Gasteiger partial charge is 0.330 e. The quantitative estimate of drug-likeness (QED) is 0.303. The number of carbonyl (C=O) groups excluding carboxylic acids is 1. The molecular weight excluding hydrogens is 350 g/mol. The fourth-order valence-corrected chi connectivity index (χ4v) is 3.05. The Labute approximate surface area is 168 Å². The molecule has 0 atom stereocenters. The van der Waals surface area contributed by atoms with Crippen LogP contribution in [0.4, 0.5) is 5.69 Å². The van der Waals surface area contributed by atoms with Gasteiger partial charge in [-0.1, -0.05) is 36.4 Å². The number of anilines is 1. The number of fused-ring (bicyclic) bond motifs is 1. The van der Waals surface area contributed by atoms with Gasteiger partial charge in [-0.3, -0.25) is 4.79 Å². The van der Waals surface area contributed by atoms with Crippen LogP contribution in [0.5, 0.6) is 0 Å². The van der Waals surface area contributed by atoms with Gasteiger partial charge < -0.3 is 27.0 Å². The van der Waals surface area contributed by atoms with E-state index in [0.29, 0.717) is 6.54 Å². The molecule has 0 spiro atoms. The molecule has 0 aliphatic heterocycles. The minimum Gasteiger partial charge on any atom is -0.330 e. The Balaban J connectivity index is 1.47. The van der Waals surface area contributed by atoms with Crippen LogP contribution in [0, 0.1) is 0 Å². The Bertz CT molecular complexity index is 686. The van der Waals surface area contributed by atoms with Crippen LogP contribution < -0.4 is 27.0 Å². The molecule has 1 amide bonds. The zero-order valence-electron chi connectivity index (χ0n) is 16.8. The normalized spacial score (nSPS) is 11.0. The molecule has 0 aromatic heterocycles. The number of nitrogens with two attached hydrogens (primary N) is 1. The van der Waals surface area contributed by atoms with Crippen molar-refractivity contribution in [3.8, 4) is 0 Å². The van der Waals surface area contributed by atoms with Crippen molar-refractivity contribution >= 4 is 22.4 Å². The molecule has 28 heavy (non-hydrogen) atoms. The van der Waals surface area contributed by atoms with E-state index in [2.05, 4.69) is 33.4 Å². The van der Waals surface area contributed by atoms with Crippen LogP contribution in [-0.4, -0.2) is 51.7 Å². The first-order chi connectivity index (χ1) is 13.8. The Hall–Kier alpha value is -1.99. The van der Waals surface area contributed by atoms with Crippen LogP contribution in [-0.2, 0) is 4.79 Å². The van der Waals surface area contributed by atoms with E-state index in [1.54, 1.807) is 0 Å². The van der Waals surface area contributed by atoms with Crippen molar-refractivity contribution in [2.75, 3.05) is 51.1 Å². The molecule has 6 heteroatoms. The van der Waals surface area contributed by atoms with Gasteiger partial charge in [0.1, 0.15) is 0 Å². The monoisotopic (exact) mass is 385 g/mol. The number of benzene rings is 2. The topological polar surface area (TPSA) is 91.2 Å². The molecule has 0 bridgehead atoms. The van der Waals surface area contributed by atoms with Crippen LogP contribution in [0.2, 0.25) is 0 Å². The van der Waals surface area contributed by atoms with Crippen molar-refractivity contribution < 1.29 is 4.79 Å². The van der Waals surface area contributed by atoms with E-state index in [-0.39, 0.29) is 5.91 Å². The fraction of sp³-hybridized carbons (Fsp3) is 0.500. The van der Waals surface area contributed by atoms with E-state index in [9.17, 15) is 4.79 Å². The third kappa shape index (κ3) is 8.80. The summed E-state index contributed by atoms with van der Waals surface area (Å²) in [7, 11) is 0. The second-order valence-electron chi connectivity index (χ2n) is 6.95. The molecular formula is C22H35N5O. The van der Waals surface area contributed by atoms with Gasteiger partial charge in [-0.15, -0.1) is 0 Å². The fourth-order valence-electron chi connectivity index (χ4n) is 3.05. The van der Waals surface area contributed by atoms with E-state index in [4.69, 9.17) is 5.73 Å². The molecule has 0 fully saturated rings. The lowest BCUT2D eigenvalue weighted by atomic mass is 10.1. The third-order valence-corrected chi connectivity index (χ3v) is 4.57. The van der Waals surface area contributed by atoms with Gasteiger partial charge in [0.25, 0.3) is 0 Å². The Kier molecular flexibility index (Phi) is 11.2. The zero-order valence-corrected chi connectivity index (χ0v) is 16.8. The molecule has 2 rings (SSSR count). The number of rotatable bonds is 15. The third-order valence-electron chi connectivity index (χ3n) is 4.57. The predicted molar refractivity (Wildman–Crippen MR) is 119 cm³/mol. The van der Waals surface area contributed by atoms with Crippen molar-refractivity contribution in [1.82, 2.24) is 16.0 Å². The lowest BCUT2D eigenvalue weighted by molar-refractivity contribution is -0.115. The van der Waals surface area contributed by atoms with Crippen molar-refractivity contribution in [2.24, 2.45) is 5.73 Å². The summed E-state index contributed by atoms with van der Waals surface area (Å²) in [5.74, 6) is -0.00792. The van der Waals surface area contributed by atoms with Gasteiger partial charge in [0.05, 0.1) is 6.54 Å². The van der Waals surface area contributed by atoms with Crippen LogP contribution in [0.3, 0.4) is 0 Å². The van der Waals surface area contributed by atoms with E-state index in [1.165, 1.54) is 12.8 Å². The molecule has 0 saturated carbocycles. The van der Waals surface area contributed by atoms with Crippen molar-refractivity contribution in [3.05, 3.63) is 42.5 Å². The maximum Gasteiger partial charge on any atom is 0.238 e. The van der Waals surface area contributed by atoms with E-state index in [0.717, 1.165) is 68.6 Å². The second kappa shape index (κ2) is 14.1. The van der Waals surface area contributed by atoms with Crippen molar-refractivity contribution in [2.45, 2.75) is 25.7 Å². The Morgan fingerprint density at radius 3 is 2.18 bits per heavy atom. The molecule has 0 aliphatic carbocycles.